The number of nitrogens with zero attached hydrogens (tertiary/aromatic N) is 5. The fourth-order valence-electron chi connectivity index (χ4n) is 9.75. The number of benzene rings is 7. The van der Waals surface area contributed by atoms with Gasteiger partial charge in [-0.25, -0.2) is 4.98 Å². The van der Waals surface area contributed by atoms with Crippen LogP contribution in [0, 0.1) is 0 Å². The Bertz CT molecular complexity index is 3540. The van der Waals surface area contributed by atoms with E-state index in [1.165, 1.54) is 38.2 Å². The smallest absolute Gasteiger partial charge is 0.151 e. The van der Waals surface area contributed by atoms with Crippen LogP contribution in [0.4, 0.5) is 17.1 Å². The van der Waals surface area contributed by atoms with Gasteiger partial charge in [-0.15, -0.1) is 0 Å². The summed E-state index contributed by atoms with van der Waals surface area (Å²) in [4.78, 5) is 7.79. The van der Waals surface area contributed by atoms with Gasteiger partial charge < -0.3 is 14.2 Å². The van der Waals surface area contributed by atoms with Crippen LogP contribution in [0.1, 0.15) is 11.3 Å². The van der Waals surface area contributed by atoms with Crippen LogP contribution in [-0.4, -0.2) is 18.7 Å². The number of anilines is 3. The quantitative estimate of drug-likeness (QED) is 0.179. The summed E-state index contributed by atoms with van der Waals surface area (Å²) in [5.74, 6) is 3.42. The van der Waals surface area contributed by atoms with Gasteiger partial charge in [-0.05, 0) is 84.9 Å². The highest BCUT2D eigenvalue weighted by Gasteiger charge is 2.27. The van der Waals surface area contributed by atoms with Crippen LogP contribution in [-0.2, 0) is 6.42 Å². The molecule has 60 heavy (non-hydrogen) atoms. The Hall–Kier alpha value is -8.09. The fraction of sp³-hybridized carbons (Fsp3) is 0.0185. The molecule has 7 aromatic carbocycles. The number of ether oxygens (including phenoxy) is 1. The van der Waals surface area contributed by atoms with E-state index in [2.05, 4.69) is 195 Å². The summed E-state index contributed by atoms with van der Waals surface area (Å²) in [6.07, 6.45) is 9.67. The summed E-state index contributed by atoms with van der Waals surface area (Å²) in [6, 6.07) is 62.6. The highest BCUT2D eigenvalue weighted by molar-refractivity contribution is 6.15. The van der Waals surface area contributed by atoms with Gasteiger partial charge in [-0.1, -0.05) is 115 Å². The molecule has 0 N–H and O–H groups in total. The molecule has 2 aliphatic rings. The van der Waals surface area contributed by atoms with Crippen LogP contribution in [0.25, 0.3) is 77.9 Å². The standard InChI is InChI=1S/C54H35N5O/c1-2-18-39-41-33-42-40-21-6-9-25-46(40)59(54-31-15-30-53(55-54)58-44-23-7-4-19-37(44)38-20-5-8-24-45(38)58)50(42)34-49(41)56(43(39)22-3-1)35-16-14-17-36(32-35)57-47-26-10-12-28-51(47)60-52-29-13-11-27-48(52)57/h1-21,23-34H,22H2. The fourth-order valence-corrected chi connectivity index (χ4v) is 9.75. The van der Waals surface area contributed by atoms with Gasteiger partial charge >= 0.3 is 0 Å². The highest BCUT2D eigenvalue weighted by atomic mass is 16.5. The summed E-state index contributed by atoms with van der Waals surface area (Å²) >= 11 is 0. The predicted octanol–water partition coefficient (Wildman–Crippen LogP) is 13.9. The van der Waals surface area contributed by atoms with Gasteiger partial charge in [0.25, 0.3) is 0 Å². The second kappa shape index (κ2) is 12.7. The van der Waals surface area contributed by atoms with Crippen molar-refractivity contribution in [2.75, 3.05) is 4.90 Å². The van der Waals surface area contributed by atoms with Crippen molar-refractivity contribution in [1.29, 1.82) is 0 Å². The molecule has 0 spiro atoms. The molecule has 0 bridgehead atoms. The molecule has 6 nitrogen and oxygen atoms in total. The van der Waals surface area contributed by atoms with E-state index in [-0.39, 0.29) is 0 Å². The zero-order valence-electron chi connectivity index (χ0n) is 32.4. The lowest BCUT2D eigenvalue weighted by Crippen LogP contribution is -2.16. The molecule has 11 aromatic rings. The van der Waals surface area contributed by atoms with E-state index in [1.807, 2.05) is 24.3 Å². The molecule has 0 saturated carbocycles. The third-order valence-corrected chi connectivity index (χ3v) is 12.3. The first-order valence-corrected chi connectivity index (χ1v) is 20.4. The van der Waals surface area contributed by atoms with Crippen LogP contribution in [0.15, 0.2) is 194 Å². The number of rotatable bonds is 4. The number of hydrogen-bond donors (Lipinski definition) is 0. The van der Waals surface area contributed by atoms with Gasteiger partial charge in [-0.3, -0.25) is 9.13 Å². The summed E-state index contributed by atoms with van der Waals surface area (Å²) in [6.45, 7) is 0. The van der Waals surface area contributed by atoms with E-state index in [0.717, 1.165) is 79.9 Å². The van der Waals surface area contributed by atoms with Crippen molar-refractivity contribution in [3.63, 3.8) is 0 Å². The molecule has 6 heteroatoms. The van der Waals surface area contributed by atoms with Gasteiger partial charge in [0.2, 0.25) is 0 Å². The lowest BCUT2D eigenvalue weighted by atomic mass is 10.1. The minimum atomic E-state index is 0.803. The lowest BCUT2D eigenvalue weighted by molar-refractivity contribution is 0.477. The summed E-state index contributed by atoms with van der Waals surface area (Å²) in [7, 11) is 0. The maximum atomic E-state index is 6.39. The Labute approximate surface area is 345 Å². The van der Waals surface area contributed by atoms with Gasteiger partial charge in [0.1, 0.15) is 11.6 Å². The van der Waals surface area contributed by atoms with Crippen molar-refractivity contribution in [2.24, 2.45) is 0 Å². The number of hydrogen-bond acceptors (Lipinski definition) is 3. The second-order valence-corrected chi connectivity index (χ2v) is 15.5. The molecule has 0 amide bonds. The Morgan fingerprint density at radius 1 is 0.417 bits per heavy atom. The summed E-state index contributed by atoms with van der Waals surface area (Å²) in [5.41, 5.74) is 12.3. The largest absolute Gasteiger partial charge is 0.453 e. The maximum absolute atomic E-state index is 6.39. The van der Waals surface area contributed by atoms with Crippen LogP contribution < -0.4 is 9.64 Å². The third-order valence-electron chi connectivity index (χ3n) is 12.3. The Balaban J connectivity index is 1.05. The van der Waals surface area contributed by atoms with Crippen LogP contribution >= 0.6 is 0 Å². The van der Waals surface area contributed by atoms with Crippen molar-refractivity contribution in [3.8, 4) is 28.8 Å². The van der Waals surface area contributed by atoms with Crippen molar-refractivity contribution in [2.45, 2.75) is 6.42 Å². The molecule has 0 unspecified atom stereocenters. The molecule has 0 radical (unpaired) electrons. The van der Waals surface area contributed by atoms with Crippen LogP contribution in [0.3, 0.4) is 0 Å². The minimum Gasteiger partial charge on any atom is -0.453 e. The monoisotopic (exact) mass is 769 g/mol. The molecule has 282 valence electrons. The van der Waals surface area contributed by atoms with E-state index < -0.39 is 0 Å². The van der Waals surface area contributed by atoms with Crippen molar-refractivity contribution >= 4 is 77.7 Å². The number of allylic oxidation sites excluding steroid dienone is 3. The SMILES string of the molecule is C1=CCc2c(c3cc4c5ccccc5n(-c5cccc(-n6c7ccccc7c7ccccc76)n5)c4cc3n2-c2cccc(N3c4ccccc4Oc4ccccc43)c2)C=C1. The lowest BCUT2D eigenvalue weighted by Gasteiger charge is -2.33. The maximum Gasteiger partial charge on any atom is 0.151 e. The predicted molar refractivity (Wildman–Crippen MR) is 246 cm³/mol. The van der Waals surface area contributed by atoms with Gasteiger partial charge in [-0.2, -0.15) is 0 Å². The molecule has 5 heterocycles. The number of para-hydroxylation sites is 7. The van der Waals surface area contributed by atoms with Gasteiger partial charge in [0.05, 0.1) is 39.0 Å². The highest BCUT2D eigenvalue weighted by Crippen LogP contribution is 2.50. The molecular weight excluding hydrogens is 735 g/mol. The van der Waals surface area contributed by atoms with Crippen LogP contribution in [0.2, 0.25) is 0 Å². The topological polar surface area (TPSA) is 40.2 Å². The van der Waals surface area contributed by atoms with E-state index >= 15 is 0 Å². The van der Waals surface area contributed by atoms with Crippen molar-refractivity contribution < 1.29 is 4.74 Å². The number of aromatic nitrogens is 4. The number of pyridine rings is 1. The van der Waals surface area contributed by atoms with Crippen molar-refractivity contribution in [1.82, 2.24) is 18.7 Å². The summed E-state index contributed by atoms with van der Waals surface area (Å²) in [5, 5.41) is 6.05. The average Bonchev–Trinajstić information content (AvgIpc) is 3.84. The molecule has 4 aromatic heterocycles. The van der Waals surface area contributed by atoms with E-state index in [4.69, 9.17) is 9.72 Å². The summed E-state index contributed by atoms with van der Waals surface area (Å²) < 4.78 is 13.5. The van der Waals surface area contributed by atoms with E-state index in [9.17, 15) is 0 Å². The van der Waals surface area contributed by atoms with E-state index in [1.54, 1.807) is 0 Å². The molecule has 0 saturated heterocycles. The Morgan fingerprint density at radius 3 is 1.65 bits per heavy atom. The molecule has 0 atom stereocenters. The Kier molecular flexibility index (Phi) is 6.97. The first-order chi connectivity index (χ1) is 29.8. The normalized spacial score (nSPS) is 13.2. The second-order valence-electron chi connectivity index (χ2n) is 15.5. The molecule has 13 rings (SSSR count). The Morgan fingerprint density at radius 2 is 0.967 bits per heavy atom. The minimum absolute atomic E-state index is 0.803. The van der Waals surface area contributed by atoms with Gasteiger partial charge in [0, 0.05) is 56.0 Å². The molecule has 1 aliphatic carbocycles. The average molecular weight is 770 g/mol. The molecular formula is C54H35N5O. The van der Waals surface area contributed by atoms with Crippen molar-refractivity contribution in [3.05, 3.63) is 205 Å². The first kappa shape index (κ1) is 32.9. The zero-order valence-corrected chi connectivity index (χ0v) is 32.4. The molecule has 1 aliphatic heterocycles. The number of fused-ring (bicyclic) bond motifs is 11. The third kappa shape index (κ3) is 4.73. The van der Waals surface area contributed by atoms with E-state index in [0.29, 0.717) is 0 Å². The van der Waals surface area contributed by atoms with Gasteiger partial charge in [0.15, 0.2) is 11.5 Å². The molecule has 0 fully saturated rings. The van der Waals surface area contributed by atoms with Crippen LogP contribution in [0.5, 0.6) is 11.5 Å². The zero-order chi connectivity index (χ0) is 39.3. The first-order valence-electron chi connectivity index (χ1n) is 20.4.